The maximum Gasteiger partial charge on any atom is 0.414 e. The third-order valence-electron chi connectivity index (χ3n) is 3.09. The molecule has 0 saturated heterocycles. The highest BCUT2D eigenvalue weighted by molar-refractivity contribution is 6.27. The maximum absolute atomic E-state index is 11.4. The van der Waals surface area contributed by atoms with Crippen LogP contribution in [0.5, 0.6) is 0 Å². The van der Waals surface area contributed by atoms with E-state index in [9.17, 15) is 4.79 Å². The number of fused-ring (bicyclic) bond motifs is 1. The largest absolute Gasteiger partial charge is 0.473 e. The number of carboxylic acid groups (broad SMARTS) is 2. The predicted molar refractivity (Wildman–Crippen MR) is 90.5 cm³/mol. The van der Waals surface area contributed by atoms with E-state index in [1.165, 1.54) is 0 Å². The summed E-state index contributed by atoms with van der Waals surface area (Å²) >= 11 is 0. The van der Waals surface area contributed by atoms with Gasteiger partial charge in [0.05, 0.1) is 6.26 Å². The van der Waals surface area contributed by atoms with E-state index in [0.717, 1.165) is 29.6 Å². The van der Waals surface area contributed by atoms with E-state index in [1.807, 2.05) is 27.1 Å². The molecule has 2 rings (SSSR count). The van der Waals surface area contributed by atoms with E-state index < -0.39 is 11.9 Å². The fourth-order valence-electron chi connectivity index (χ4n) is 1.78. The van der Waals surface area contributed by atoms with Crippen molar-refractivity contribution in [2.75, 3.05) is 26.0 Å². The quantitative estimate of drug-likeness (QED) is 0.689. The zero-order chi connectivity index (χ0) is 19.0. The van der Waals surface area contributed by atoms with Gasteiger partial charge < -0.3 is 24.8 Å². The number of rotatable bonds is 5. The number of pyridine rings is 1. The predicted octanol–water partition coefficient (Wildman–Crippen LogP) is 1.44. The minimum atomic E-state index is -1.82. The molecule has 0 aliphatic rings. The molecule has 2 heterocycles. The Bertz CT molecular complexity index is 741. The standard InChI is InChI=1S/C14H19N3O2.C2H2O4/c1-4-13(18)15-12-6-5-11-14(16-12)10(9-19-11)7-8-17(2)3;3-1(4)2(5)6/h5-6,9H,4,7-8H2,1-3H3,(H,15,16,18);(H,3,4)(H,5,6). The van der Waals surface area contributed by atoms with Gasteiger partial charge in [0.25, 0.3) is 0 Å². The molecule has 25 heavy (non-hydrogen) atoms. The van der Waals surface area contributed by atoms with Crippen LogP contribution in [0.15, 0.2) is 22.8 Å². The van der Waals surface area contributed by atoms with Crippen molar-refractivity contribution in [1.82, 2.24) is 9.88 Å². The molecule has 3 N–H and O–H groups in total. The Labute approximate surface area is 144 Å². The van der Waals surface area contributed by atoms with Crippen LogP contribution in [0.4, 0.5) is 5.82 Å². The average Bonchev–Trinajstić information content (AvgIpc) is 2.95. The van der Waals surface area contributed by atoms with Crippen molar-refractivity contribution in [1.29, 1.82) is 0 Å². The van der Waals surface area contributed by atoms with Gasteiger partial charge in [0.15, 0.2) is 5.58 Å². The van der Waals surface area contributed by atoms with Gasteiger partial charge in [-0.15, -0.1) is 0 Å². The number of aromatic nitrogens is 1. The summed E-state index contributed by atoms with van der Waals surface area (Å²) in [5.74, 6) is -3.11. The number of anilines is 1. The second-order valence-electron chi connectivity index (χ2n) is 5.37. The van der Waals surface area contributed by atoms with Crippen molar-refractivity contribution in [3.05, 3.63) is 24.0 Å². The summed E-state index contributed by atoms with van der Waals surface area (Å²) in [6.45, 7) is 2.75. The van der Waals surface area contributed by atoms with Gasteiger partial charge >= 0.3 is 11.9 Å². The molecular formula is C16H21N3O6. The van der Waals surface area contributed by atoms with E-state index in [1.54, 1.807) is 12.3 Å². The number of carboxylic acids is 2. The van der Waals surface area contributed by atoms with Crippen molar-refractivity contribution < 1.29 is 29.0 Å². The van der Waals surface area contributed by atoms with Gasteiger partial charge in [-0.05, 0) is 32.6 Å². The molecule has 0 bridgehead atoms. The Morgan fingerprint density at radius 3 is 2.36 bits per heavy atom. The first-order valence-electron chi connectivity index (χ1n) is 7.52. The summed E-state index contributed by atoms with van der Waals surface area (Å²) in [4.78, 5) is 36.1. The van der Waals surface area contributed by atoms with Gasteiger partial charge in [-0.3, -0.25) is 4.79 Å². The van der Waals surface area contributed by atoms with Gasteiger partial charge in [0, 0.05) is 18.5 Å². The summed E-state index contributed by atoms with van der Waals surface area (Å²) in [5.41, 5.74) is 2.65. The topological polar surface area (TPSA) is 133 Å². The summed E-state index contributed by atoms with van der Waals surface area (Å²) in [6, 6.07) is 3.60. The first kappa shape index (κ1) is 20.1. The average molecular weight is 351 g/mol. The third kappa shape index (κ3) is 6.60. The van der Waals surface area contributed by atoms with Gasteiger partial charge in [0.2, 0.25) is 5.91 Å². The molecule has 136 valence electrons. The lowest BCUT2D eigenvalue weighted by Crippen LogP contribution is -2.15. The zero-order valence-electron chi connectivity index (χ0n) is 14.3. The van der Waals surface area contributed by atoms with Crippen LogP contribution >= 0.6 is 0 Å². The molecule has 0 aliphatic heterocycles. The lowest BCUT2D eigenvalue weighted by atomic mass is 10.2. The second-order valence-corrected chi connectivity index (χ2v) is 5.37. The number of amides is 1. The van der Waals surface area contributed by atoms with Gasteiger partial charge in [-0.1, -0.05) is 6.92 Å². The van der Waals surface area contributed by atoms with Crippen LogP contribution in [0, 0.1) is 0 Å². The minimum absolute atomic E-state index is 0.0369. The molecular weight excluding hydrogens is 330 g/mol. The third-order valence-corrected chi connectivity index (χ3v) is 3.09. The van der Waals surface area contributed by atoms with Crippen LogP contribution < -0.4 is 5.32 Å². The Morgan fingerprint density at radius 2 is 1.84 bits per heavy atom. The molecule has 2 aromatic heterocycles. The number of nitrogens with one attached hydrogen (secondary N) is 1. The number of hydrogen-bond acceptors (Lipinski definition) is 6. The monoisotopic (exact) mass is 351 g/mol. The van der Waals surface area contributed by atoms with Gasteiger partial charge in [0.1, 0.15) is 11.3 Å². The second kappa shape index (κ2) is 9.38. The van der Waals surface area contributed by atoms with Crippen molar-refractivity contribution in [3.63, 3.8) is 0 Å². The molecule has 9 heteroatoms. The van der Waals surface area contributed by atoms with E-state index >= 15 is 0 Å². The highest BCUT2D eigenvalue weighted by Gasteiger charge is 2.09. The Balaban J connectivity index is 0.000000450. The van der Waals surface area contributed by atoms with Crippen LogP contribution in [-0.2, 0) is 20.8 Å². The number of carbonyl (C=O) groups is 3. The number of nitrogens with zero attached hydrogens (tertiary/aromatic N) is 2. The highest BCUT2D eigenvalue weighted by atomic mass is 16.4. The molecule has 0 aliphatic carbocycles. The molecule has 0 saturated carbocycles. The minimum Gasteiger partial charge on any atom is -0.473 e. The van der Waals surface area contributed by atoms with Crippen LogP contribution in [0.2, 0.25) is 0 Å². The molecule has 0 aromatic carbocycles. The van der Waals surface area contributed by atoms with Crippen LogP contribution in [0.25, 0.3) is 11.1 Å². The number of hydrogen-bond donors (Lipinski definition) is 3. The Morgan fingerprint density at radius 1 is 1.20 bits per heavy atom. The smallest absolute Gasteiger partial charge is 0.414 e. The normalized spacial score (nSPS) is 10.2. The Kier molecular flexibility index (Phi) is 7.54. The lowest BCUT2D eigenvalue weighted by molar-refractivity contribution is -0.159. The number of carbonyl (C=O) groups excluding carboxylic acids is 1. The number of likely N-dealkylation sites (N-methyl/N-ethyl adjacent to an activating group) is 1. The summed E-state index contributed by atoms with van der Waals surface area (Å²) in [5, 5.41) is 17.5. The summed E-state index contributed by atoms with van der Waals surface area (Å²) in [6.07, 6.45) is 3.06. The van der Waals surface area contributed by atoms with Crippen molar-refractivity contribution in [2.45, 2.75) is 19.8 Å². The van der Waals surface area contributed by atoms with Gasteiger partial charge in [-0.25, -0.2) is 14.6 Å². The summed E-state index contributed by atoms with van der Waals surface area (Å²) in [7, 11) is 4.06. The van der Waals surface area contributed by atoms with Crippen LogP contribution in [-0.4, -0.2) is 58.6 Å². The maximum atomic E-state index is 11.4. The van der Waals surface area contributed by atoms with E-state index in [0.29, 0.717) is 12.2 Å². The van der Waals surface area contributed by atoms with Gasteiger partial charge in [-0.2, -0.15) is 0 Å². The van der Waals surface area contributed by atoms with Crippen LogP contribution in [0.1, 0.15) is 18.9 Å². The lowest BCUT2D eigenvalue weighted by Gasteiger charge is -2.07. The fourth-order valence-corrected chi connectivity index (χ4v) is 1.78. The number of furan rings is 1. The fraction of sp³-hybridized carbons (Fsp3) is 0.375. The summed E-state index contributed by atoms with van der Waals surface area (Å²) < 4.78 is 5.47. The van der Waals surface area contributed by atoms with E-state index in [2.05, 4.69) is 15.2 Å². The van der Waals surface area contributed by atoms with E-state index in [-0.39, 0.29) is 5.91 Å². The Hall–Kier alpha value is -2.94. The molecule has 2 aromatic rings. The first-order chi connectivity index (χ1) is 11.7. The molecule has 0 spiro atoms. The zero-order valence-corrected chi connectivity index (χ0v) is 14.3. The molecule has 9 nitrogen and oxygen atoms in total. The van der Waals surface area contributed by atoms with Crippen LogP contribution in [0.3, 0.4) is 0 Å². The number of aliphatic carboxylic acids is 2. The van der Waals surface area contributed by atoms with Crippen molar-refractivity contribution >= 4 is 34.8 Å². The SMILES string of the molecule is CCC(=O)Nc1ccc2occ(CCN(C)C)c2n1.O=C(O)C(=O)O. The molecule has 0 radical (unpaired) electrons. The molecule has 0 unspecified atom stereocenters. The molecule has 0 atom stereocenters. The van der Waals surface area contributed by atoms with Crippen molar-refractivity contribution in [3.8, 4) is 0 Å². The highest BCUT2D eigenvalue weighted by Crippen LogP contribution is 2.21. The first-order valence-corrected chi connectivity index (χ1v) is 7.52. The molecule has 0 fully saturated rings. The van der Waals surface area contributed by atoms with E-state index in [4.69, 9.17) is 24.2 Å². The molecule has 1 amide bonds. The van der Waals surface area contributed by atoms with Crippen molar-refractivity contribution in [2.24, 2.45) is 0 Å².